The fraction of sp³-hybridized carbons (Fsp3) is 0.174. The molecule has 160 valence electrons. The van der Waals surface area contributed by atoms with Gasteiger partial charge in [0, 0.05) is 6.54 Å². The molecule has 0 saturated carbocycles. The van der Waals surface area contributed by atoms with Crippen LogP contribution in [0.3, 0.4) is 0 Å². The molecule has 4 nitrogen and oxygen atoms in total. The highest BCUT2D eigenvalue weighted by molar-refractivity contribution is 7.89. The van der Waals surface area contributed by atoms with Gasteiger partial charge in [-0.3, -0.25) is 4.79 Å². The maximum absolute atomic E-state index is 13.7. The summed E-state index contributed by atoms with van der Waals surface area (Å²) in [6.45, 7) is -0.225. The van der Waals surface area contributed by atoms with Crippen LogP contribution in [0.2, 0.25) is 0 Å². The van der Waals surface area contributed by atoms with Crippen molar-refractivity contribution in [3.8, 4) is 0 Å². The maximum Gasteiger partial charge on any atom is 0.417 e. The highest BCUT2D eigenvalue weighted by atomic mass is 32.2. The summed E-state index contributed by atoms with van der Waals surface area (Å²) in [5.41, 5.74) is -1.41. The smallest absolute Gasteiger partial charge is 0.272 e. The number of rotatable bonds is 4. The quantitative estimate of drug-likeness (QED) is 0.589. The van der Waals surface area contributed by atoms with E-state index in [2.05, 4.69) is 0 Å². The van der Waals surface area contributed by atoms with Crippen LogP contribution in [0.1, 0.15) is 23.1 Å². The minimum atomic E-state index is -4.87. The Bertz CT molecular complexity index is 1170. The molecule has 1 aliphatic rings. The first-order valence-electron chi connectivity index (χ1n) is 9.53. The number of hydrogen-bond acceptors (Lipinski definition) is 3. The van der Waals surface area contributed by atoms with E-state index in [-0.39, 0.29) is 13.0 Å². The van der Waals surface area contributed by atoms with Crippen LogP contribution in [0.4, 0.5) is 13.2 Å². The predicted molar refractivity (Wildman–Crippen MR) is 109 cm³/mol. The van der Waals surface area contributed by atoms with Crippen molar-refractivity contribution >= 4 is 15.9 Å². The third-order valence-electron chi connectivity index (χ3n) is 5.58. The van der Waals surface area contributed by atoms with Crippen LogP contribution in [0, 0.1) is 0 Å². The number of halogens is 3. The molecule has 1 fully saturated rings. The molecule has 0 radical (unpaired) electrons. The van der Waals surface area contributed by atoms with E-state index in [0.29, 0.717) is 21.5 Å². The topological polar surface area (TPSA) is 54.5 Å². The first kappa shape index (κ1) is 21.1. The molecule has 4 rings (SSSR count). The number of benzene rings is 3. The van der Waals surface area contributed by atoms with Crippen LogP contribution in [-0.2, 0) is 26.4 Å². The Balaban J connectivity index is 1.86. The average molecular weight is 445 g/mol. The number of amides is 1. The minimum Gasteiger partial charge on any atom is -0.272 e. The van der Waals surface area contributed by atoms with E-state index in [9.17, 15) is 26.4 Å². The lowest BCUT2D eigenvalue weighted by Gasteiger charge is -2.29. The van der Waals surface area contributed by atoms with Gasteiger partial charge < -0.3 is 0 Å². The van der Waals surface area contributed by atoms with Crippen LogP contribution in [-0.4, -0.2) is 25.2 Å². The van der Waals surface area contributed by atoms with Gasteiger partial charge in [0.15, 0.2) is 0 Å². The van der Waals surface area contributed by atoms with E-state index in [1.165, 1.54) is 6.07 Å². The van der Waals surface area contributed by atoms with Gasteiger partial charge in [0.2, 0.25) is 0 Å². The van der Waals surface area contributed by atoms with Gasteiger partial charge in [-0.15, -0.1) is 0 Å². The summed E-state index contributed by atoms with van der Waals surface area (Å²) in [5, 5.41) is 0. The molecule has 8 heteroatoms. The molecule has 31 heavy (non-hydrogen) atoms. The molecular weight excluding hydrogens is 427 g/mol. The summed E-state index contributed by atoms with van der Waals surface area (Å²) in [4.78, 5) is 12.8. The summed E-state index contributed by atoms with van der Waals surface area (Å²) in [6.07, 6.45) is -4.75. The zero-order valence-corrected chi connectivity index (χ0v) is 17.0. The Kier molecular flexibility index (Phi) is 5.13. The highest BCUT2D eigenvalue weighted by Crippen LogP contribution is 2.44. The van der Waals surface area contributed by atoms with Gasteiger partial charge in [0.1, 0.15) is 5.41 Å². The van der Waals surface area contributed by atoms with Crippen molar-refractivity contribution in [3.05, 3.63) is 102 Å². The van der Waals surface area contributed by atoms with Crippen LogP contribution in [0.25, 0.3) is 0 Å². The Morgan fingerprint density at radius 1 is 0.774 bits per heavy atom. The molecule has 0 aromatic heterocycles. The van der Waals surface area contributed by atoms with Crippen molar-refractivity contribution in [3.63, 3.8) is 0 Å². The molecular formula is C23H18F3NO3S. The van der Waals surface area contributed by atoms with Crippen LogP contribution in [0.5, 0.6) is 0 Å². The maximum atomic E-state index is 13.7. The number of sulfonamides is 1. The Morgan fingerprint density at radius 2 is 1.26 bits per heavy atom. The Hall–Kier alpha value is -3.13. The van der Waals surface area contributed by atoms with Crippen molar-refractivity contribution in [2.45, 2.75) is 22.9 Å². The van der Waals surface area contributed by atoms with Gasteiger partial charge in [-0.05, 0) is 29.7 Å². The van der Waals surface area contributed by atoms with E-state index < -0.39 is 38.0 Å². The minimum absolute atomic E-state index is 0.118. The summed E-state index contributed by atoms with van der Waals surface area (Å²) >= 11 is 0. The van der Waals surface area contributed by atoms with Gasteiger partial charge in [-0.25, -0.2) is 12.7 Å². The zero-order chi connectivity index (χ0) is 22.3. The van der Waals surface area contributed by atoms with Crippen molar-refractivity contribution in [1.29, 1.82) is 0 Å². The molecule has 1 aliphatic heterocycles. The molecule has 0 aliphatic carbocycles. The second-order valence-corrected chi connectivity index (χ2v) is 9.09. The number of alkyl halides is 3. The largest absolute Gasteiger partial charge is 0.417 e. The van der Waals surface area contributed by atoms with E-state index in [1.807, 2.05) is 0 Å². The van der Waals surface area contributed by atoms with E-state index >= 15 is 0 Å². The van der Waals surface area contributed by atoms with Gasteiger partial charge >= 0.3 is 6.18 Å². The molecule has 0 N–H and O–H groups in total. The monoisotopic (exact) mass is 445 g/mol. The lowest BCUT2D eigenvalue weighted by molar-refractivity contribution is -0.140. The second kappa shape index (κ2) is 7.53. The molecule has 0 atom stereocenters. The normalized spacial score (nSPS) is 16.5. The van der Waals surface area contributed by atoms with Gasteiger partial charge in [0.25, 0.3) is 15.9 Å². The van der Waals surface area contributed by atoms with E-state index in [4.69, 9.17) is 0 Å². The summed E-state index contributed by atoms with van der Waals surface area (Å²) in [6, 6.07) is 21.3. The summed E-state index contributed by atoms with van der Waals surface area (Å²) in [7, 11) is -4.72. The average Bonchev–Trinajstić information content (AvgIpc) is 3.13. The number of nitrogens with zero attached hydrogens (tertiary/aromatic N) is 1. The van der Waals surface area contributed by atoms with Gasteiger partial charge in [0.05, 0.1) is 10.5 Å². The fourth-order valence-corrected chi connectivity index (χ4v) is 5.77. The molecule has 1 saturated heterocycles. The van der Waals surface area contributed by atoms with E-state index in [0.717, 1.165) is 12.1 Å². The molecule has 1 amide bonds. The standard InChI is InChI=1S/C23H18F3NO3S/c24-23(25,26)19-13-7-8-14-20(19)31(29,30)27-16-15-22(21(27)28,17-9-3-1-4-10-17)18-11-5-2-6-12-18/h1-14H,15-16H2. The van der Waals surface area contributed by atoms with Gasteiger partial charge in [-0.1, -0.05) is 72.8 Å². The summed E-state index contributed by atoms with van der Waals surface area (Å²) in [5.74, 6) is -0.762. The van der Waals surface area contributed by atoms with Crippen LogP contribution in [0.15, 0.2) is 89.8 Å². The zero-order valence-electron chi connectivity index (χ0n) is 16.2. The summed E-state index contributed by atoms with van der Waals surface area (Å²) < 4.78 is 67.5. The predicted octanol–water partition coefficient (Wildman–Crippen LogP) is 4.61. The van der Waals surface area contributed by atoms with Crippen molar-refractivity contribution in [1.82, 2.24) is 4.31 Å². The Morgan fingerprint density at radius 3 is 1.77 bits per heavy atom. The third kappa shape index (κ3) is 3.40. The van der Waals surface area contributed by atoms with E-state index in [1.54, 1.807) is 60.7 Å². The second-order valence-electron chi connectivity index (χ2n) is 7.26. The Labute approximate surface area is 178 Å². The molecule has 0 bridgehead atoms. The number of carbonyl (C=O) groups excluding carboxylic acids is 1. The molecule has 3 aromatic carbocycles. The first-order chi connectivity index (χ1) is 14.7. The third-order valence-corrected chi connectivity index (χ3v) is 7.42. The first-order valence-corrected chi connectivity index (χ1v) is 11.0. The molecule has 0 unspecified atom stereocenters. The van der Waals surface area contributed by atoms with Crippen LogP contribution >= 0.6 is 0 Å². The van der Waals surface area contributed by atoms with Gasteiger partial charge in [-0.2, -0.15) is 13.2 Å². The molecule has 1 heterocycles. The number of carbonyl (C=O) groups is 1. The fourth-order valence-electron chi connectivity index (χ4n) is 4.11. The molecule has 3 aromatic rings. The van der Waals surface area contributed by atoms with Crippen molar-refractivity contribution in [2.24, 2.45) is 0 Å². The lowest BCUT2D eigenvalue weighted by Crippen LogP contribution is -2.42. The SMILES string of the molecule is O=C1N(S(=O)(=O)c2ccccc2C(F)(F)F)CCC1(c1ccccc1)c1ccccc1. The van der Waals surface area contributed by atoms with Crippen LogP contribution < -0.4 is 0 Å². The van der Waals surface area contributed by atoms with Crippen molar-refractivity contribution < 1.29 is 26.4 Å². The highest BCUT2D eigenvalue weighted by Gasteiger charge is 2.53. The lowest BCUT2D eigenvalue weighted by atomic mass is 9.73. The number of hydrogen-bond donors (Lipinski definition) is 0. The molecule has 0 spiro atoms. The van der Waals surface area contributed by atoms with Crippen molar-refractivity contribution in [2.75, 3.05) is 6.54 Å².